The molecule has 138 valence electrons. The van der Waals surface area contributed by atoms with Gasteiger partial charge >= 0.3 is 5.97 Å². The number of aliphatic carboxylic acids is 1. The summed E-state index contributed by atoms with van der Waals surface area (Å²) in [6.45, 7) is 8.05. The third-order valence-electron chi connectivity index (χ3n) is 6.25. The van der Waals surface area contributed by atoms with E-state index in [0.717, 1.165) is 24.5 Å². The van der Waals surface area contributed by atoms with E-state index in [1.165, 1.54) is 6.08 Å². The molecule has 0 aromatic heterocycles. The third-order valence-corrected chi connectivity index (χ3v) is 6.25. The molecule has 0 bridgehead atoms. The Bertz CT molecular complexity index is 615. The molecular weight excluding hydrogens is 316 g/mol. The summed E-state index contributed by atoms with van der Waals surface area (Å²) >= 11 is 0. The van der Waals surface area contributed by atoms with E-state index in [9.17, 15) is 14.7 Å². The normalized spacial score (nSPS) is 39.8. The summed E-state index contributed by atoms with van der Waals surface area (Å²) in [5.41, 5.74) is -0.106. The zero-order chi connectivity index (χ0) is 18.8. The smallest absolute Gasteiger partial charge is 0.328 e. The van der Waals surface area contributed by atoms with E-state index in [4.69, 9.17) is 5.11 Å². The number of ketones is 1. The molecular formula is C21H30O4. The molecule has 2 rings (SSSR count). The van der Waals surface area contributed by atoms with Gasteiger partial charge in [0, 0.05) is 17.9 Å². The fraction of sp³-hybridized carbons (Fsp3) is 0.619. The van der Waals surface area contributed by atoms with E-state index >= 15 is 0 Å². The lowest BCUT2D eigenvalue weighted by atomic mass is 9.51. The van der Waals surface area contributed by atoms with Crippen LogP contribution in [0.4, 0.5) is 0 Å². The highest BCUT2D eigenvalue weighted by molar-refractivity contribution is 5.91. The quantitative estimate of drug-likeness (QED) is 0.462. The van der Waals surface area contributed by atoms with Crippen molar-refractivity contribution in [1.82, 2.24) is 0 Å². The topological polar surface area (TPSA) is 74.6 Å². The van der Waals surface area contributed by atoms with Gasteiger partial charge in [-0.05, 0) is 44.4 Å². The van der Waals surface area contributed by atoms with E-state index in [1.54, 1.807) is 6.08 Å². The van der Waals surface area contributed by atoms with Crippen molar-refractivity contribution < 1.29 is 19.8 Å². The number of carbonyl (C=O) groups excluding carboxylic acids is 1. The van der Waals surface area contributed by atoms with Gasteiger partial charge in [-0.1, -0.05) is 50.1 Å². The van der Waals surface area contributed by atoms with E-state index < -0.39 is 11.6 Å². The molecule has 0 amide bonds. The molecule has 0 spiro atoms. The average Bonchev–Trinajstić information content (AvgIpc) is 2.55. The van der Waals surface area contributed by atoms with Crippen LogP contribution in [0.25, 0.3) is 0 Å². The fourth-order valence-corrected chi connectivity index (χ4v) is 5.07. The lowest BCUT2D eigenvalue weighted by Gasteiger charge is -2.54. The highest BCUT2D eigenvalue weighted by Crippen LogP contribution is 2.53. The molecule has 25 heavy (non-hydrogen) atoms. The van der Waals surface area contributed by atoms with Crippen molar-refractivity contribution in [3.8, 4) is 0 Å². The molecule has 0 radical (unpaired) electrons. The number of Topliss-reactive ketones (excluding diaryl/α,β-unsaturated/α-hetero) is 1. The van der Waals surface area contributed by atoms with E-state index in [2.05, 4.69) is 6.92 Å². The number of hydrogen-bond acceptors (Lipinski definition) is 3. The first-order valence-corrected chi connectivity index (χ1v) is 9.21. The molecule has 0 heterocycles. The van der Waals surface area contributed by atoms with Gasteiger partial charge in [0.05, 0.1) is 0 Å². The van der Waals surface area contributed by atoms with Crippen molar-refractivity contribution in [1.29, 1.82) is 0 Å². The predicted molar refractivity (Wildman–Crippen MR) is 98.0 cm³/mol. The zero-order valence-electron chi connectivity index (χ0n) is 15.6. The van der Waals surface area contributed by atoms with Crippen LogP contribution >= 0.6 is 0 Å². The van der Waals surface area contributed by atoms with Crippen molar-refractivity contribution in [2.45, 2.75) is 52.6 Å². The minimum absolute atomic E-state index is 0.0163. The monoisotopic (exact) mass is 346 g/mol. The second-order valence-electron chi connectivity index (χ2n) is 7.69. The summed E-state index contributed by atoms with van der Waals surface area (Å²) in [6.07, 6.45) is 10.8. The van der Waals surface area contributed by atoms with Crippen LogP contribution in [-0.4, -0.2) is 27.6 Å². The van der Waals surface area contributed by atoms with Crippen molar-refractivity contribution in [2.75, 3.05) is 0 Å². The van der Waals surface area contributed by atoms with Gasteiger partial charge in [-0.2, -0.15) is 0 Å². The molecule has 2 fully saturated rings. The SMILES string of the molecule is CC=C(C)C1C(C)C(=O)C2(O)CCCC(C)C2C1C=CC=CC(=O)O. The molecule has 2 N–H and O–H groups in total. The van der Waals surface area contributed by atoms with Crippen LogP contribution in [0, 0.1) is 29.6 Å². The predicted octanol–water partition coefficient (Wildman–Crippen LogP) is 3.77. The maximum atomic E-state index is 13.0. The van der Waals surface area contributed by atoms with Gasteiger partial charge in [0.25, 0.3) is 0 Å². The van der Waals surface area contributed by atoms with E-state index in [1.807, 2.05) is 32.9 Å². The van der Waals surface area contributed by atoms with Gasteiger partial charge in [0.2, 0.25) is 0 Å². The van der Waals surface area contributed by atoms with Crippen LogP contribution < -0.4 is 0 Å². The minimum Gasteiger partial charge on any atom is -0.478 e. The number of rotatable bonds is 4. The molecule has 6 atom stereocenters. The van der Waals surface area contributed by atoms with Gasteiger partial charge in [-0.25, -0.2) is 4.79 Å². The minimum atomic E-state index is -1.26. The van der Waals surface area contributed by atoms with Crippen LogP contribution in [0.3, 0.4) is 0 Å². The van der Waals surface area contributed by atoms with Gasteiger partial charge in [-0.15, -0.1) is 0 Å². The molecule has 2 aliphatic rings. The molecule has 0 aliphatic heterocycles. The average molecular weight is 346 g/mol. The van der Waals surface area contributed by atoms with E-state index in [-0.39, 0.29) is 35.4 Å². The highest BCUT2D eigenvalue weighted by atomic mass is 16.4. The number of carboxylic acid groups (broad SMARTS) is 1. The third kappa shape index (κ3) is 3.64. The molecule has 2 saturated carbocycles. The first kappa shape index (κ1) is 19.6. The largest absolute Gasteiger partial charge is 0.478 e. The molecule has 2 aliphatic carbocycles. The first-order chi connectivity index (χ1) is 11.7. The second-order valence-corrected chi connectivity index (χ2v) is 7.69. The van der Waals surface area contributed by atoms with Crippen LogP contribution in [0.5, 0.6) is 0 Å². The van der Waals surface area contributed by atoms with Crippen LogP contribution in [-0.2, 0) is 9.59 Å². The molecule has 4 heteroatoms. The Morgan fingerprint density at radius 2 is 1.96 bits per heavy atom. The van der Waals surface area contributed by atoms with E-state index in [0.29, 0.717) is 6.42 Å². The molecule has 0 saturated heterocycles. The summed E-state index contributed by atoms with van der Waals surface area (Å²) < 4.78 is 0. The number of carboxylic acids is 1. The maximum absolute atomic E-state index is 13.0. The second kappa shape index (κ2) is 7.69. The first-order valence-electron chi connectivity index (χ1n) is 9.21. The summed E-state index contributed by atoms with van der Waals surface area (Å²) in [6, 6.07) is 0. The van der Waals surface area contributed by atoms with Crippen molar-refractivity contribution in [2.24, 2.45) is 29.6 Å². The summed E-state index contributed by atoms with van der Waals surface area (Å²) in [5, 5.41) is 20.0. The Hall–Kier alpha value is -1.68. The summed E-state index contributed by atoms with van der Waals surface area (Å²) in [4.78, 5) is 23.7. The number of aliphatic hydroxyl groups is 1. The fourth-order valence-electron chi connectivity index (χ4n) is 5.07. The van der Waals surface area contributed by atoms with Crippen molar-refractivity contribution in [3.05, 3.63) is 36.0 Å². The number of carbonyl (C=O) groups is 2. The number of allylic oxidation sites excluding steroid dienone is 5. The van der Waals surface area contributed by atoms with Crippen molar-refractivity contribution >= 4 is 11.8 Å². The summed E-state index contributed by atoms with van der Waals surface area (Å²) in [7, 11) is 0. The lowest BCUT2D eigenvalue weighted by Crippen LogP contribution is -2.61. The Morgan fingerprint density at radius 3 is 2.56 bits per heavy atom. The summed E-state index contributed by atoms with van der Waals surface area (Å²) in [5.74, 6) is -1.08. The number of hydrogen-bond donors (Lipinski definition) is 2. The Kier molecular flexibility index (Phi) is 6.04. The van der Waals surface area contributed by atoms with Gasteiger partial charge in [0.1, 0.15) is 5.60 Å². The Labute approximate surface area is 150 Å². The Morgan fingerprint density at radius 1 is 1.28 bits per heavy atom. The van der Waals surface area contributed by atoms with Gasteiger partial charge in [-0.3, -0.25) is 4.79 Å². The highest BCUT2D eigenvalue weighted by Gasteiger charge is 2.58. The molecule has 0 aromatic carbocycles. The molecule has 0 aromatic rings. The van der Waals surface area contributed by atoms with Crippen LogP contribution in [0.1, 0.15) is 47.0 Å². The maximum Gasteiger partial charge on any atom is 0.328 e. The number of fused-ring (bicyclic) bond motifs is 1. The van der Waals surface area contributed by atoms with Gasteiger partial charge < -0.3 is 10.2 Å². The van der Waals surface area contributed by atoms with Crippen LogP contribution in [0.15, 0.2) is 36.0 Å². The molecule has 6 unspecified atom stereocenters. The van der Waals surface area contributed by atoms with Gasteiger partial charge in [0.15, 0.2) is 5.78 Å². The van der Waals surface area contributed by atoms with Crippen molar-refractivity contribution in [3.63, 3.8) is 0 Å². The standard InChI is InChI=1S/C21H30O4/c1-5-13(2)18-15(4)20(24)21(25)12-8-9-14(3)19(21)16(18)10-6-7-11-17(22)23/h5-7,10-11,14-16,18-19,25H,8-9,12H2,1-4H3,(H,22,23). The zero-order valence-corrected chi connectivity index (χ0v) is 15.6. The Balaban J connectivity index is 2.49. The lowest BCUT2D eigenvalue weighted by molar-refractivity contribution is -0.172. The van der Waals surface area contributed by atoms with Crippen LogP contribution in [0.2, 0.25) is 0 Å². The molecule has 4 nitrogen and oxygen atoms in total.